The lowest BCUT2D eigenvalue weighted by Crippen LogP contribution is -2.41. The van der Waals surface area contributed by atoms with Crippen molar-refractivity contribution in [3.05, 3.63) is 46.8 Å². The molecule has 1 saturated heterocycles. The minimum absolute atomic E-state index is 0.691. The van der Waals surface area contributed by atoms with E-state index in [0.29, 0.717) is 6.04 Å². The number of rotatable bonds is 4. The Labute approximate surface area is 177 Å². The maximum absolute atomic E-state index is 4.92. The molecule has 4 rings (SSSR count). The van der Waals surface area contributed by atoms with E-state index in [-0.39, 0.29) is 0 Å². The molecular formula is C24H30N4S. The van der Waals surface area contributed by atoms with Crippen molar-refractivity contribution in [2.24, 2.45) is 0 Å². The maximum Gasteiger partial charge on any atom is 0.186 e. The molecule has 0 spiro atoms. The van der Waals surface area contributed by atoms with Crippen LogP contribution in [0.2, 0.25) is 0 Å². The van der Waals surface area contributed by atoms with Gasteiger partial charge in [0.1, 0.15) is 0 Å². The number of nitrogens with zero attached hydrogens (tertiary/aromatic N) is 4. The van der Waals surface area contributed by atoms with Gasteiger partial charge in [-0.1, -0.05) is 36.1 Å². The Bertz CT molecular complexity index is 1110. The molecular weight excluding hydrogens is 376 g/mol. The SMILES string of the molecule is C=c1ccc(-c2ccc3nc(N4CCC(N(C)C)CC4)sc3c2)c/c1=C/N(C)C. The van der Waals surface area contributed by atoms with Gasteiger partial charge in [-0.2, -0.15) is 0 Å². The van der Waals surface area contributed by atoms with E-state index in [4.69, 9.17) is 4.98 Å². The van der Waals surface area contributed by atoms with Gasteiger partial charge < -0.3 is 14.7 Å². The molecule has 0 radical (unpaired) electrons. The highest BCUT2D eigenvalue weighted by atomic mass is 32.1. The van der Waals surface area contributed by atoms with Crippen LogP contribution in [-0.2, 0) is 0 Å². The van der Waals surface area contributed by atoms with Crippen LogP contribution in [0.15, 0.2) is 36.4 Å². The van der Waals surface area contributed by atoms with Crippen molar-refractivity contribution in [1.82, 2.24) is 14.8 Å². The zero-order chi connectivity index (χ0) is 20.5. The highest BCUT2D eigenvalue weighted by molar-refractivity contribution is 7.22. The predicted molar refractivity (Wildman–Crippen MR) is 127 cm³/mol. The molecule has 0 N–H and O–H groups in total. The first-order chi connectivity index (χ1) is 13.9. The van der Waals surface area contributed by atoms with Crippen LogP contribution in [0.4, 0.5) is 5.13 Å². The van der Waals surface area contributed by atoms with Gasteiger partial charge in [0, 0.05) is 39.4 Å². The van der Waals surface area contributed by atoms with Gasteiger partial charge in [0.25, 0.3) is 0 Å². The maximum atomic E-state index is 4.92. The number of piperidine rings is 1. The third-order valence-electron chi connectivity index (χ3n) is 5.72. The third kappa shape index (κ3) is 4.31. The molecule has 29 heavy (non-hydrogen) atoms. The summed E-state index contributed by atoms with van der Waals surface area (Å²) in [6.07, 6.45) is 4.53. The lowest BCUT2D eigenvalue weighted by Gasteiger charge is -2.34. The third-order valence-corrected chi connectivity index (χ3v) is 6.80. The smallest absolute Gasteiger partial charge is 0.186 e. The van der Waals surface area contributed by atoms with E-state index in [1.54, 1.807) is 0 Å². The van der Waals surface area contributed by atoms with E-state index >= 15 is 0 Å². The second kappa shape index (κ2) is 8.17. The summed E-state index contributed by atoms with van der Waals surface area (Å²) in [6, 6.07) is 13.8. The summed E-state index contributed by atoms with van der Waals surface area (Å²) >= 11 is 1.81. The second-order valence-electron chi connectivity index (χ2n) is 8.37. The summed E-state index contributed by atoms with van der Waals surface area (Å²) < 4.78 is 1.25. The molecule has 0 amide bonds. The molecule has 0 atom stereocenters. The summed E-state index contributed by atoms with van der Waals surface area (Å²) in [5.74, 6) is 0. The molecule has 2 heterocycles. The number of fused-ring (bicyclic) bond motifs is 1. The highest BCUT2D eigenvalue weighted by Crippen LogP contribution is 2.33. The van der Waals surface area contributed by atoms with E-state index in [9.17, 15) is 0 Å². The molecule has 0 unspecified atom stereocenters. The molecule has 1 aliphatic rings. The van der Waals surface area contributed by atoms with Crippen LogP contribution in [0, 0.1) is 0 Å². The van der Waals surface area contributed by atoms with Crippen molar-refractivity contribution >= 4 is 39.5 Å². The topological polar surface area (TPSA) is 22.6 Å². The van der Waals surface area contributed by atoms with E-state index in [0.717, 1.165) is 34.2 Å². The normalized spacial score (nSPS) is 16.2. The Morgan fingerprint density at radius 2 is 1.72 bits per heavy atom. The van der Waals surface area contributed by atoms with E-state index in [1.165, 1.54) is 28.7 Å². The first-order valence-corrected chi connectivity index (χ1v) is 11.0. The van der Waals surface area contributed by atoms with Gasteiger partial charge in [-0.3, -0.25) is 0 Å². The monoisotopic (exact) mass is 406 g/mol. The van der Waals surface area contributed by atoms with Gasteiger partial charge in [-0.05, 0) is 66.7 Å². The van der Waals surface area contributed by atoms with Crippen molar-refractivity contribution in [1.29, 1.82) is 0 Å². The van der Waals surface area contributed by atoms with Crippen LogP contribution in [0.5, 0.6) is 0 Å². The molecule has 4 nitrogen and oxygen atoms in total. The second-order valence-corrected chi connectivity index (χ2v) is 9.38. The Morgan fingerprint density at radius 1 is 1.03 bits per heavy atom. The first kappa shape index (κ1) is 19.9. The minimum Gasteiger partial charge on any atom is -0.383 e. The highest BCUT2D eigenvalue weighted by Gasteiger charge is 2.22. The molecule has 1 aliphatic heterocycles. The average molecular weight is 407 g/mol. The zero-order valence-electron chi connectivity index (χ0n) is 17.9. The van der Waals surface area contributed by atoms with Crippen molar-refractivity contribution in [3.63, 3.8) is 0 Å². The van der Waals surface area contributed by atoms with Gasteiger partial charge in [0.15, 0.2) is 5.13 Å². The van der Waals surface area contributed by atoms with Crippen LogP contribution in [0.25, 0.3) is 34.1 Å². The molecule has 2 aromatic carbocycles. The average Bonchev–Trinajstić information content (AvgIpc) is 3.12. The van der Waals surface area contributed by atoms with E-state index in [2.05, 4.69) is 78.0 Å². The van der Waals surface area contributed by atoms with Crippen molar-refractivity contribution in [2.75, 3.05) is 46.2 Å². The number of anilines is 1. The minimum atomic E-state index is 0.691. The Morgan fingerprint density at radius 3 is 2.41 bits per heavy atom. The Balaban J connectivity index is 1.62. The van der Waals surface area contributed by atoms with Crippen LogP contribution in [0.3, 0.4) is 0 Å². The van der Waals surface area contributed by atoms with Gasteiger partial charge in [0.2, 0.25) is 0 Å². The van der Waals surface area contributed by atoms with Gasteiger partial charge >= 0.3 is 0 Å². The molecule has 5 heteroatoms. The lowest BCUT2D eigenvalue weighted by atomic mass is 10.0. The predicted octanol–water partition coefficient (Wildman–Crippen LogP) is 3.20. The largest absolute Gasteiger partial charge is 0.383 e. The Kier molecular flexibility index (Phi) is 5.61. The number of aromatic nitrogens is 1. The molecule has 0 saturated carbocycles. The van der Waals surface area contributed by atoms with Crippen molar-refractivity contribution in [2.45, 2.75) is 18.9 Å². The van der Waals surface area contributed by atoms with Crippen molar-refractivity contribution < 1.29 is 0 Å². The standard InChI is InChI=1S/C24H30N4S/c1-17-6-7-18(14-20(17)16-26(2)3)19-8-9-22-23(15-19)29-24(25-22)28-12-10-21(11-13-28)27(4)5/h6-9,14-16,21H,1,10-13H2,2-5H3/b20-16-. The summed E-state index contributed by atoms with van der Waals surface area (Å²) in [5.41, 5.74) is 3.54. The molecule has 3 aromatic rings. The molecule has 0 bridgehead atoms. The van der Waals surface area contributed by atoms with E-state index < -0.39 is 0 Å². The van der Waals surface area contributed by atoms with Crippen LogP contribution >= 0.6 is 11.3 Å². The van der Waals surface area contributed by atoms with Crippen LogP contribution in [-0.4, -0.2) is 62.1 Å². The molecule has 1 fully saturated rings. The van der Waals surface area contributed by atoms with Crippen LogP contribution in [0.1, 0.15) is 12.8 Å². The van der Waals surface area contributed by atoms with E-state index in [1.807, 2.05) is 25.4 Å². The molecule has 1 aromatic heterocycles. The fraction of sp³-hybridized carbons (Fsp3) is 0.375. The van der Waals surface area contributed by atoms with Crippen LogP contribution < -0.4 is 15.3 Å². The summed E-state index contributed by atoms with van der Waals surface area (Å²) in [6.45, 7) is 6.33. The summed E-state index contributed by atoms with van der Waals surface area (Å²) in [4.78, 5) is 11.8. The number of hydrogen-bond acceptors (Lipinski definition) is 5. The summed E-state index contributed by atoms with van der Waals surface area (Å²) in [7, 11) is 8.45. The summed E-state index contributed by atoms with van der Waals surface area (Å²) in [5, 5.41) is 3.36. The molecule has 0 aliphatic carbocycles. The van der Waals surface area contributed by atoms with Gasteiger partial charge in [-0.15, -0.1) is 0 Å². The lowest BCUT2D eigenvalue weighted by molar-refractivity contribution is 0.249. The Hall–Kier alpha value is -2.37. The fourth-order valence-corrected chi connectivity index (χ4v) is 5.03. The quantitative estimate of drug-likeness (QED) is 0.664. The van der Waals surface area contributed by atoms with Gasteiger partial charge in [-0.25, -0.2) is 4.98 Å². The number of hydrogen-bond donors (Lipinski definition) is 0. The zero-order valence-corrected chi connectivity index (χ0v) is 18.7. The first-order valence-electron chi connectivity index (χ1n) is 10.2. The fourth-order valence-electron chi connectivity index (χ4n) is 3.97. The number of benzene rings is 2. The number of thiazole rings is 1. The molecule has 152 valence electrons. The van der Waals surface area contributed by atoms with Crippen molar-refractivity contribution in [3.8, 4) is 11.1 Å². The van der Waals surface area contributed by atoms with Gasteiger partial charge in [0.05, 0.1) is 10.2 Å².